The van der Waals surface area contributed by atoms with Crippen LogP contribution in [0, 0.1) is 3.57 Å². The Morgan fingerprint density at radius 1 is 1.24 bits per heavy atom. The minimum atomic E-state index is -0.125. The molecule has 0 bridgehead atoms. The van der Waals surface area contributed by atoms with Gasteiger partial charge < -0.3 is 10.1 Å². The van der Waals surface area contributed by atoms with Crippen LogP contribution in [0.1, 0.15) is 18.1 Å². The van der Waals surface area contributed by atoms with Crippen LogP contribution in [0.3, 0.4) is 0 Å². The number of thioether (sulfide) groups is 1. The Balaban J connectivity index is 1.79. The monoisotopic (exact) mass is 464 g/mol. The van der Waals surface area contributed by atoms with E-state index >= 15 is 0 Å². The Bertz CT molecular complexity index is 860. The summed E-state index contributed by atoms with van der Waals surface area (Å²) in [5, 5.41) is 3.42. The molecule has 1 heterocycles. The lowest BCUT2D eigenvalue weighted by molar-refractivity contribution is -0.115. The van der Waals surface area contributed by atoms with Crippen LogP contribution in [0.2, 0.25) is 0 Å². The Labute approximate surface area is 164 Å². The summed E-state index contributed by atoms with van der Waals surface area (Å²) < 4.78 is 6.26. The van der Waals surface area contributed by atoms with Crippen LogP contribution in [0.4, 0.5) is 5.69 Å². The highest BCUT2D eigenvalue weighted by Gasteiger charge is 2.23. The van der Waals surface area contributed by atoms with E-state index in [1.54, 1.807) is 7.11 Å². The van der Waals surface area contributed by atoms with Gasteiger partial charge in [0.05, 0.1) is 21.3 Å². The van der Waals surface area contributed by atoms with Crippen LogP contribution in [0.5, 0.6) is 5.75 Å². The molecule has 1 aliphatic heterocycles. The lowest BCUT2D eigenvalue weighted by atomic mass is 10.2. The summed E-state index contributed by atoms with van der Waals surface area (Å²) >= 11 is 3.57. The van der Waals surface area contributed by atoms with Crippen molar-refractivity contribution in [3.05, 3.63) is 62.1 Å². The lowest BCUT2D eigenvalue weighted by Gasteiger charge is -2.03. The quantitative estimate of drug-likeness (QED) is 0.525. The SMILES string of the molecule is CCc1ccc(N=C2NC(=O)/C(=C/c3ccc(OC)c(I)c3)S2)cc1. The average molecular weight is 464 g/mol. The third-order valence-corrected chi connectivity index (χ3v) is 5.45. The maximum Gasteiger partial charge on any atom is 0.264 e. The van der Waals surface area contributed by atoms with Gasteiger partial charge >= 0.3 is 0 Å². The van der Waals surface area contributed by atoms with Gasteiger partial charge in [-0.05, 0) is 82.2 Å². The van der Waals surface area contributed by atoms with E-state index < -0.39 is 0 Å². The van der Waals surface area contributed by atoms with Gasteiger partial charge in [0, 0.05) is 0 Å². The van der Waals surface area contributed by atoms with Crippen molar-refractivity contribution in [3.63, 3.8) is 0 Å². The van der Waals surface area contributed by atoms with Crippen LogP contribution >= 0.6 is 34.4 Å². The molecule has 0 radical (unpaired) electrons. The third kappa shape index (κ3) is 4.43. The molecule has 4 nitrogen and oxygen atoms in total. The van der Waals surface area contributed by atoms with Crippen LogP contribution in [-0.4, -0.2) is 18.2 Å². The number of aryl methyl sites for hydroxylation is 1. The molecule has 128 valence electrons. The van der Waals surface area contributed by atoms with Crippen molar-refractivity contribution in [2.75, 3.05) is 7.11 Å². The Morgan fingerprint density at radius 2 is 2.00 bits per heavy atom. The molecule has 1 N–H and O–H groups in total. The third-order valence-electron chi connectivity index (χ3n) is 3.70. The fourth-order valence-electron chi connectivity index (χ4n) is 2.33. The van der Waals surface area contributed by atoms with Crippen molar-refractivity contribution < 1.29 is 9.53 Å². The molecule has 2 aromatic rings. The molecule has 2 aromatic carbocycles. The van der Waals surface area contributed by atoms with E-state index in [0.717, 1.165) is 27.0 Å². The zero-order valence-electron chi connectivity index (χ0n) is 13.9. The van der Waals surface area contributed by atoms with E-state index in [9.17, 15) is 4.79 Å². The number of nitrogens with zero attached hydrogens (tertiary/aromatic N) is 1. The number of carbonyl (C=O) groups excluding carboxylic acids is 1. The Hall–Kier alpha value is -1.80. The maximum atomic E-state index is 12.2. The fourth-order valence-corrected chi connectivity index (χ4v) is 3.93. The number of ether oxygens (including phenoxy) is 1. The van der Waals surface area contributed by atoms with E-state index in [1.165, 1.54) is 17.3 Å². The van der Waals surface area contributed by atoms with Gasteiger partial charge in [-0.2, -0.15) is 0 Å². The van der Waals surface area contributed by atoms with Gasteiger partial charge in [0.25, 0.3) is 5.91 Å². The highest BCUT2D eigenvalue weighted by Crippen LogP contribution is 2.29. The van der Waals surface area contributed by atoms with Crippen molar-refractivity contribution in [1.82, 2.24) is 5.32 Å². The molecule has 1 amide bonds. The van der Waals surface area contributed by atoms with Crippen molar-refractivity contribution in [2.24, 2.45) is 4.99 Å². The van der Waals surface area contributed by atoms with Gasteiger partial charge in [0.2, 0.25) is 0 Å². The molecule has 0 unspecified atom stereocenters. The topological polar surface area (TPSA) is 50.7 Å². The molecule has 25 heavy (non-hydrogen) atoms. The van der Waals surface area contributed by atoms with Gasteiger partial charge in [0.1, 0.15) is 5.75 Å². The molecule has 0 atom stereocenters. The summed E-state index contributed by atoms with van der Waals surface area (Å²) in [6, 6.07) is 13.8. The normalized spacial score (nSPS) is 17.2. The second-order valence-electron chi connectivity index (χ2n) is 5.40. The van der Waals surface area contributed by atoms with E-state index in [2.05, 4.69) is 52.0 Å². The number of benzene rings is 2. The molecule has 0 aliphatic carbocycles. The number of amidine groups is 1. The number of hydrogen-bond acceptors (Lipinski definition) is 4. The summed E-state index contributed by atoms with van der Waals surface area (Å²) in [5.74, 6) is 0.698. The minimum absolute atomic E-state index is 0.125. The van der Waals surface area contributed by atoms with Gasteiger partial charge in [-0.3, -0.25) is 4.79 Å². The number of aliphatic imine (C=N–C) groups is 1. The zero-order valence-corrected chi connectivity index (χ0v) is 16.8. The van der Waals surface area contributed by atoms with E-state index in [-0.39, 0.29) is 5.91 Å². The molecule has 1 fully saturated rings. The number of methoxy groups -OCH3 is 1. The van der Waals surface area contributed by atoms with Crippen molar-refractivity contribution >= 4 is 57.2 Å². The first kappa shape index (κ1) is 18.0. The number of nitrogens with one attached hydrogen (secondary N) is 1. The predicted molar refractivity (Wildman–Crippen MR) is 112 cm³/mol. The number of carbonyl (C=O) groups is 1. The molecule has 0 spiro atoms. The highest BCUT2D eigenvalue weighted by atomic mass is 127. The van der Waals surface area contributed by atoms with Crippen LogP contribution in [-0.2, 0) is 11.2 Å². The summed E-state index contributed by atoms with van der Waals surface area (Å²) in [6.07, 6.45) is 2.86. The largest absolute Gasteiger partial charge is 0.496 e. The molecular formula is C19H17IN2O2S. The summed E-state index contributed by atoms with van der Waals surface area (Å²) in [5.41, 5.74) is 3.05. The first-order valence-corrected chi connectivity index (χ1v) is 9.70. The summed E-state index contributed by atoms with van der Waals surface area (Å²) in [6.45, 7) is 2.12. The maximum absolute atomic E-state index is 12.2. The fraction of sp³-hybridized carbons (Fsp3) is 0.158. The van der Waals surface area contributed by atoms with Crippen LogP contribution < -0.4 is 10.1 Å². The number of hydrogen-bond donors (Lipinski definition) is 1. The number of halogens is 1. The van der Waals surface area contributed by atoms with E-state index in [0.29, 0.717) is 10.1 Å². The number of rotatable bonds is 4. The predicted octanol–water partition coefficient (Wildman–Crippen LogP) is 4.75. The van der Waals surface area contributed by atoms with E-state index in [1.807, 2.05) is 36.4 Å². The van der Waals surface area contributed by atoms with Gasteiger partial charge in [-0.25, -0.2) is 4.99 Å². The number of amides is 1. The second kappa shape index (κ2) is 8.05. The Kier molecular flexibility index (Phi) is 5.80. The lowest BCUT2D eigenvalue weighted by Crippen LogP contribution is -2.19. The minimum Gasteiger partial charge on any atom is -0.496 e. The van der Waals surface area contributed by atoms with Gasteiger partial charge in [-0.15, -0.1) is 0 Å². The molecule has 6 heteroatoms. The molecular weight excluding hydrogens is 447 g/mol. The van der Waals surface area contributed by atoms with Crippen molar-refractivity contribution in [2.45, 2.75) is 13.3 Å². The molecule has 0 saturated carbocycles. The molecule has 1 aliphatic rings. The molecule has 0 aromatic heterocycles. The van der Waals surface area contributed by atoms with Crippen LogP contribution in [0.25, 0.3) is 6.08 Å². The van der Waals surface area contributed by atoms with Crippen molar-refractivity contribution in [3.8, 4) is 5.75 Å². The summed E-state index contributed by atoms with van der Waals surface area (Å²) in [7, 11) is 1.64. The van der Waals surface area contributed by atoms with E-state index in [4.69, 9.17) is 4.74 Å². The van der Waals surface area contributed by atoms with Gasteiger partial charge in [0.15, 0.2) is 5.17 Å². The molecule has 1 saturated heterocycles. The highest BCUT2D eigenvalue weighted by molar-refractivity contribution is 14.1. The summed E-state index contributed by atoms with van der Waals surface area (Å²) in [4.78, 5) is 17.3. The standard InChI is InChI=1S/C19H17IN2O2S/c1-3-12-4-7-14(8-5-12)21-19-22-18(23)17(25-19)11-13-6-9-16(24-2)15(20)10-13/h4-11H,3H2,1-2H3,(H,21,22,23)/b17-11-. The molecule has 3 rings (SSSR count). The first-order valence-electron chi connectivity index (χ1n) is 7.81. The second-order valence-corrected chi connectivity index (χ2v) is 7.59. The zero-order chi connectivity index (χ0) is 17.8. The first-order chi connectivity index (χ1) is 12.1. The van der Waals surface area contributed by atoms with Crippen molar-refractivity contribution in [1.29, 1.82) is 0 Å². The van der Waals surface area contributed by atoms with Gasteiger partial charge in [-0.1, -0.05) is 25.1 Å². The smallest absolute Gasteiger partial charge is 0.264 e. The Morgan fingerprint density at radius 3 is 2.64 bits per heavy atom. The average Bonchev–Trinajstić information content (AvgIpc) is 2.95. The van der Waals surface area contributed by atoms with Crippen LogP contribution in [0.15, 0.2) is 52.4 Å².